The number of carbonyl (C=O) groups excluding carboxylic acids is 1. The van der Waals surface area contributed by atoms with Gasteiger partial charge in [0.05, 0.1) is 5.56 Å². The maximum Gasteiger partial charge on any atom is 0.343 e. The first-order valence-corrected chi connectivity index (χ1v) is 8.23. The molecule has 0 aliphatic heterocycles. The molecule has 2 nitrogen and oxygen atoms in total. The molecule has 0 heterocycles. The van der Waals surface area contributed by atoms with Gasteiger partial charge in [-0.3, -0.25) is 0 Å². The summed E-state index contributed by atoms with van der Waals surface area (Å²) in [6.07, 6.45) is 0.627. The molecular formula is C23H20O2. The molecule has 0 bridgehead atoms. The molecule has 0 aliphatic carbocycles. The van der Waals surface area contributed by atoms with E-state index in [1.165, 1.54) is 0 Å². The highest BCUT2D eigenvalue weighted by atomic mass is 16.5. The van der Waals surface area contributed by atoms with Crippen molar-refractivity contribution in [3.63, 3.8) is 0 Å². The van der Waals surface area contributed by atoms with E-state index in [1.54, 1.807) is 12.1 Å². The van der Waals surface area contributed by atoms with Gasteiger partial charge in [-0.2, -0.15) is 0 Å². The van der Waals surface area contributed by atoms with Crippen molar-refractivity contribution in [3.05, 3.63) is 108 Å². The Bertz CT molecular complexity index is 880. The van der Waals surface area contributed by atoms with Crippen LogP contribution in [-0.4, -0.2) is 5.97 Å². The van der Waals surface area contributed by atoms with E-state index in [9.17, 15) is 4.79 Å². The predicted molar refractivity (Wildman–Crippen MR) is 102 cm³/mol. The Hall–Kier alpha value is -3.13. The number of ether oxygens (including phenoxy) is 1. The topological polar surface area (TPSA) is 26.3 Å². The minimum absolute atomic E-state index is 0.349. The molecule has 0 N–H and O–H groups in total. The number of rotatable bonds is 5. The third kappa shape index (κ3) is 4.24. The van der Waals surface area contributed by atoms with Gasteiger partial charge in [-0.1, -0.05) is 67.2 Å². The van der Waals surface area contributed by atoms with Gasteiger partial charge in [-0.15, -0.1) is 0 Å². The predicted octanol–water partition coefficient (Wildman–Crippen LogP) is 5.47. The summed E-state index contributed by atoms with van der Waals surface area (Å²) in [7, 11) is 0. The average Bonchev–Trinajstić information content (AvgIpc) is 2.65. The molecule has 0 amide bonds. The minimum Gasteiger partial charge on any atom is -0.423 e. The van der Waals surface area contributed by atoms with Gasteiger partial charge in [0.2, 0.25) is 0 Å². The smallest absolute Gasteiger partial charge is 0.343 e. The van der Waals surface area contributed by atoms with Crippen LogP contribution in [0.4, 0.5) is 0 Å². The lowest BCUT2D eigenvalue weighted by atomic mass is 9.98. The number of esters is 1. The fourth-order valence-electron chi connectivity index (χ4n) is 2.64. The van der Waals surface area contributed by atoms with Gasteiger partial charge in [0.15, 0.2) is 0 Å². The van der Waals surface area contributed by atoms with Gasteiger partial charge < -0.3 is 4.74 Å². The van der Waals surface area contributed by atoms with E-state index in [-0.39, 0.29) is 5.97 Å². The van der Waals surface area contributed by atoms with Crippen LogP contribution in [0.15, 0.2) is 85.4 Å². The Morgan fingerprint density at radius 3 is 2.12 bits per heavy atom. The molecule has 0 saturated heterocycles. The third-order valence-electron chi connectivity index (χ3n) is 4.02. The second kappa shape index (κ2) is 7.63. The Labute approximate surface area is 148 Å². The molecule has 3 aromatic rings. The number of hydrogen-bond donors (Lipinski definition) is 0. The van der Waals surface area contributed by atoms with Crippen molar-refractivity contribution in [3.8, 4) is 5.75 Å². The molecule has 124 valence electrons. The fraction of sp³-hybridized carbons (Fsp3) is 0.0870. The lowest BCUT2D eigenvalue weighted by molar-refractivity contribution is 0.0733. The highest BCUT2D eigenvalue weighted by molar-refractivity contribution is 5.91. The molecule has 3 rings (SSSR count). The summed E-state index contributed by atoms with van der Waals surface area (Å²) in [5.41, 5.74) is 4.61. The standard InChI is InChI=1S/C23H20O2/c1-17-13-14-21(16-18(2)19-9-5-3-6-10-19)22(15-17)25-23(24)20-11-7-4-8-12-20/h3-15H,2,16H2,1H3. The van der Waals surface area contributed by atoms with E-state index < -0.39 is 0 Å². The lowest BCUT2D eigenvalue weighted by Crippen LogP contribution is -2.10. The molecule has 0 unspecified atom stereocenters. The zero-order valence-electron chi connectivity index (χ0n) is 14.2. The van der Waals surface area contributed by atoms with Gasteiger partial charge in [0.25, 0.3) is 0 Å². The van der Waals surface area contributed by atoms with Crippen LogP contribution in [0.5, 0.6) is 5.75 Å². The molecule has 3 aromatic carbocycles. The first kappa shape index (κ1) is 16.7. The highest BCUT2D eigenvalue weighted by Crippen LogP contribution is 2.27. The van der Waals surface area contributed by atoms with Gasteiger partial charge >= 0.3 is 5.97 Å². The summed E-state index contributed by atoms with van der Waals surface area (Å²) < 4.78 is 5.67. The highest BCUT2D eigenvalue weighted by Gasteiger charge is 2.13. The maximum atomic E-state index is 12.4. The number of allylic oxidation sites excluding steroid dienone is 1. The Morgan fingerprint density at radius 1 is 0.880 bits per heavy atom. The quantitative estimate of drug-likeness (QED) is 0.458. The summed E-state index contributed by atoms with van der Waals surface area (Å²) in [4.78, 5) is 12.4. The Kier molecular flexibility index (Phi) is 5.10. The lowest BCUT2D eigenvalue weighted by Gasteiger charge is -2.13. The number of aryl methyl sites for hydroxylation is 1. The van der Waals surface area contributed by atoms with Crippen molar-refractivity contribution in [1.82, 2.24) is 0 Å². The average molecular weight is 328 g/mol. The van der Waals surface area contributed by atoms with Crippen LogP contribution in [0.3, 0.4) is 0 Å². The van der Waals surface area contributed by atoms with Crippen LogP contribution >= 0.6 is 0 Å². The van der Waals surface area contributed by atoms with Gasteiger partial charge in [-0.25, -0.2) is 4.79 Å². The second-order valence-corrected chi connectivity index (χ2v) is 6.01. The summed E-state index contributed by atoms with van der Waals surface area (Å²) in [5.74, 6) is 0.240. The van der Waals surface area contributed by atoms with E-state index in [0.29, 0.717) is 17.7 Å². The number of benzene rings is 3. The molecule has 0 aromatic heterocycles. The van der Waals surface area contributed by atoms with Crippen molar-refractivity contribution in [2.24, 2.45) is 0 Å². The minimum atomic E-state index is -0.349. The largest absolute Gasteiger partial charge is 0.423 e. The van der Waals surface area contributed by atoms with Crippen molar-refractivity contribution < 1.29 is 9.53 Å². The Balaban J connectivity index is 1.83. The molecule has 0 atom stereocenters. The van der Waals surface area contributed by atoms with Gasteiger partial charge in [-0.05, 0) is 47.4 Å². The summed E-state index contributed by atoms with van der Waals surface area (Å²) in [6, 6.07) is 25.0. The first-order chi connectivity index (χ1) is 12.1. The van der Waals surface area contributed by atoms with E-state index >= 15 is 0 Å². The summed E-state index contributed by atoms with van der Waals surface area (Å²) in [5, 5.41) is 0. The molecule has 0 radical (unpaired) electrons. The van der Waals surface area contributed by atoms with Crippen LogP contribution < -0.4 is 4.74 Å². The van der Waals surface area contributed by atoms with E-state index in [2.05, 4.69) is 6.58 Å². The van der Waals surface area contributed by atoms with Crippen LogP contribution in [0.25, 0.3) is 5.57 Å². The van der Waals surface area contributed by atoms with E-state index in [0.717, 1.165) is 22.3 Å². The maximum absolute atomic E-state index is 12.4. The molecule has 0 spiro atoms. The van der Waals surface area contributed by atoms with Crippen LogP contribution in [0.2, 0.25) is 0 Å². The van der Waals surface area contributed by atoms with Crippen molar-refractivity contribution in [1.29, 1.82) is 0 Å². The first-order valence-electron chi connectivity index (χ1n) is 8.23. The number of hydrogen-bond acceptors (Lipinski definition) is 2. The number of carbonyl (C=O) groups is 1. The van der Waals surface area contributed by atoms with Crippen molar-refractivity contribution in [2.45, 2.75) is 13.3 Å². The molecule has 2 heteroatoms. The molecule has 0 saturated carbocycles. The van der Waals surface area contributed by atoms with Crippen LogP contribution in [0, 0.1) is 6.92 Å². The molecule has 0 fully saturated rings. The van der Waals surface area contributed by atoms with E-state index in [1.807, 2.05) is 73.7 Å². The fourth-order valence-corrected chi connectivity index (χ4v) is 2.64. The normalized spacial score (nSPS) is 10.3. The zero-order valence-corrected chi connectivity index (χ0v) is 14.2. The molecular weight excluding hydrogens is 308 g/mol. The molecule has 0 aliphatic rings. The summed E-state index contributed by atoms with van der Waals surface area (Å²) >= 11 is 0. The Morgan fingerprint density at radius 2 is 1.48 bits per heavy atom. The zero-order chi connectivity index (χ0) is 17.6. The monoisotopic (exact) mass is 328 g/mol. The SMILES string of the molecule is C=C(Cc1ccc(C)cc1OC(=O)c1ccccc1)c1ccccc1. The summed E-state index contributed by atoms with van der Waals surface area (Å²) in [6.45, 7) is 6.16. The second-order valence-electron chi connectivity index (χ2n) is 6.01. The van der Waals surface area contributed by atoms with Gasteiger partial charge in [0.1, 0.15) is 5.75 Å². The van der Waals surface area contributed by atoms with Crippen molar-refractivity contribution >= 4 is 11.5 Å². The molecule has 25 heavy (non-hydrogen) atoms. The van der Waals surface area contributed by atoms with Crippen LogP contribution in [-0.2, 0) is 6.42 Å². The van der Waals surface area contributed by atoms with Crippen molar-refractivity contribution in [2.75, 3.05) is 0 Å². The van der Waals surface area contributed by atoms with E-state index in [4.69, 9.17) is 4.74 Å². The van der Waals surface area contributed by atoms with Crippen LogP contribution in [0.1, 0.15) is 27.0 Å². The van der Waals surface area contributed by atoms with Gasteiger partial charge in [0, 0.05) is 6.42 Å². The third-order valence-corrected chi connectivity index (χ3v) is 4.02.